The van der Waals surface area contributed by atoms with Crippen LogP contribution in [0.2, 0.25) is 0 Å². The zero-order valence-corrected chi connectivity index (χ0v) is 11.2. The van der Waals surface area contributed by atoms with Crippen LogP contribution in [0.4, 0.5) is 0 Å². The molecular weight excluding hydrogens is 242 g/mol. The maximum absolute atomic E-state index is 11.9. The van der Waals surface area contributed by atoms with Crippen molar-refractivity contribution < 1.29 is 9.53 Å². The van der Waals surface area contributed by atoms with Crippen molar-refractivity contribution in [1.29, 1.82) is 0 Å². The summed E-state index contributed by atoms with van der Waals surface area (Å²) >= 11 is 0. The number of carbonyl (C=O) groups is 1. The summed E-state index contributed by atoms with van der Waals surface area (Å²) < 4.78 is 5.85. The van der Waals surface area contributed by atoms with Gasteiger partial charge in [-0.2, -0.15) is 4.98 Å². The summed E-state index contributed by atoms with van der Waals surface area (Å²) in [4.78, 5) is 22.2. The molecule has 19 heavy (non-hydrogen) atoms. The Kier molecular flexibility index (Phi) is 3.36. The van der Waals surface area contributed by atoms with Crippen molar-refractivity contribution in [3.63, 3.8) is 0 Å². The van der Waals surface area contributed by atoms with Gasteiger partial charge >= 0.3 is 0 Å². The van der Waals surface area contributed by atoms with Crippen molar-refractivity contribution >= 4 is 5.91 Å². The highest BCUT2D eigenvalue weighted by atomic mass is 16.5. The normalized spacial score (nSPS) is 20.4. The Labute approximate surface area is 113 Å². The Hall–Kier alpha value is -1.65. The molecule has 1 aromatic rings. The number of ether oxygens (including phenoxy) is 1. The minimum Gasteiger partial charge on any atom is -0.474 e. The minimum absolute atomic E-state index is 0.164. The fourth-order valence-electron chi connectivity index (χ4n) is 2.45. The van der Waals surface area contributed by atoms with Crippen molar-refractivity contribution in [3.05, 3.63) is 18.1 Å². The molecule has 0 bridgehead atoms. The average molecular weight is 261 g/mol. The number of hydrogen-bond donors (Lipinski definition) is 0. The molecule has 1 amide bonds. The van der Waals surface area contributed by atoms with E-state index in [1.165, 1.54) is 0 Å². The molecule has 1 aromatic heterocycles. The predicted octanol–water partition coefficient (Wildman–Crippen LogP) is 1.56. The van der Waals surface area contributed by atoms with Gasteiger partial charge < -0.3 is 9.64 Å². The van der Waals surface area contributed by atoms with E-state index in [4.69, 9.17) is 4.74 Å². The van der Waals surface area contributed by atoms with Crippen LogP contribution in [0.25, 0.3) is 0 Å². The van der Waals surface area contributed by atoms with Gasteiger partial charge in [-0.25, -0.2) is 4.98 Å². The SMILES string of the molecule is Cc1nccc(OC2CCN(C(=O)C3CC3)CC2)n1. The molecule has 2 aliphatic rings. The van der Waals surface area contributed by atoms with Crippen molar-refractivity contribution in [1.82, 2.24) is 14.9 Å². The van der Waals surface area contributed by atoms with Crippen molar-refractivity contribution in [3.8, 4) is 5.88 Å². The number of likely N-dealkylation sites (tertiary alicyclic amines) is 1. The molecule has 0 N–H and O–H groups in total. The van der Waals surface area contributed by atoms with Gasteiger partial charge in [0.25, 0.3) is 0 Å². The monoisotopic (exact) mass is 261 g/mol. The maximum atomic E-state index is 11.9. The van der Waals surface area contributed by atoms with Gasteiger partial charge in [-0.1, -0.05) is 0 Å². The van der Waals surface area contributed by atoms with Gasteiger partial charge in [-0.3, -0.25) is 4.79 Å². The lowest BCUT2D eigenvalue weighted by molar-refractivity contribution is -0.134. The zero-order valence-electron chi connectivity index (χ0n) is 11.2. The van der Waals surface area contributed by atoms with E-state index in [1.807, 2.05) is 11.8 Å². The molecule has 3 rings (SSSR count). The molecule has 5 nitrogen and oxygen atoms in total. The summed E-state index contributed by atoms with van der Waals surface area (Å²) in [7, 11) is 0. The second kappa shape index (κ2) is 5.15. The largest absolute Gasteiger partial charge is 0.474 e. The van der Waals surface area contributed by atoms with E-state index in [0.717, 1.165) is 44.6 Å². The first-order valence-corrected chi connectivity index (χ1v) is 6.97. The molecule has 102 valence electrons. The zero-order chi connectivity index (χ0) is 13.2. The molecule has 5 heteroatoms. The third kappa shape index (κ3) is 3.03. The molecule has 2 heterocycles. The van der Waals surface area contributed by atoms with E-state index >= 15 is 0 Å². The van der Waals surface area contributed by atoms with Crippen LogP contribution in [-0.2, 0) is 4.79 Å². The summed E-state index contributed by atoms with van der Waals surface area (Å²) in [5.41, 5.74) is 0. The number of piperidine rings is 1. The first-order valence-electron chi connectivity index (χ1n) is 6.97. The smallest absolute Gasteiger partial charge is 0.225 e. The molecule has 0 unspecified atom stereocenters. The number of amides is 1. The molecule has 0 spiro atoms. The van der Waals surface area contributed by atoms with Crippen LogP contribution in [0.5, 0.6) is 5.88 Å². The molecule has 1 saturated heterocycles. The number of aryl methyl sites for hydroxylation is 1. The molecule has 2 fully saturated rings. The van der Waals surface area contributed by atoms with E-state index < -0.39 is 0 Å². The van der Waals surface area contributed by atoms with Gasteiger partial charge in [0.05, 0.1) is 0 Å². The molecule has 1 aliphatic heterocycles. The lowest BCUT2D eigenvalue weighted by atomic mass is 10.1. The summed E-state index contributed by atoms with van der Waals surface area (Å²) in [5.74, 6) is 2.02. The summed E-state index contributed by atoms with van der Waals surface area (Å²) in [5, 5.41) is 0. The van der Waals surface area contributed by atoms with E-state index in [0.29, 0.717) is 17.7 Å². The second-order valence-corrected chi connectivity index (χ2v) is 5.36. The maximum Gasteiger partial charge on any atom is 0.225 e. The van der Waals surface area contributed by atoms with Crippen LogP contribution >= 0.6 is 0 Å². The van der Waals surface area contributed by atoms with Crippen molar-refractivity contribution in [2.75, 3.05) is 13.1 Å². The number of carbonyl (C=O) groups excluding carboxylic acids is 1. The standard InChI is InChI=1S/C14H19N3O2/c1-10-15-7-4-13(16-10)19-12-5-8-17(9-6-12)14(18)11-2-3-11/h4,7,11-12H,2-3,5-6,8-9H2,1H3. The van der Waals surface area contributed by atoms with Gasteiger partial charge in [0.2, 0.25) is 11.8 Å². The van der Waals surface area contributed by atoms with E-state index in [9.17, 15) is 4.79 Å². The van der Waals surface area contributed by atoms with E-state index in [1.54, 1.807) is 12.3 Å². The van der Waals surface area contributed by atoms with Crippen LogP contribution in [-0.4, -0.2) is 40.0 Å². The number of aromatic nitrogens is 2. The Bertz CT molecular complexity index is 466. The highest BCUT2D eigenvalue weighted by molar-refractivity contribution is 5.81. The van der Waals surface area contributed by atoms with Crippen LogP contribution in [0, 0.1) is 12.8 Å². The first kappa shape index (κ1) is 12.4. The Morgan fingerprint density at radius 2 is 2.05 bits per heavy atom. The highest BCUT2D eigenvalue weighted by Gasteiger charge is 2.35. The number of rotatable bonds is 3. The Morgan fingerprint density at radius 3 is 2.68 bits per heavy atom. The second-order valence-electron chi connectivity index (χ2n) is 5.36. The lowest BCUT2D eigenvalue weighted by Gasteiger charge is -2.32. The molecule has 1 aliphatic carbocycles. The Morgan fingerprint density at radius 1 is 1.32 bits per heavy atom. The average Bonchev–Trinajstić information content (AvgIpc) is 3.23. The van der Waals surface area contributed by atoms with Crippen LogP contribution in [0.1, 0.15) is 31.5 Å². The van der Waals surface area contributed by atoms with Crippen LogP contribution < -0.4 is 4.74 Å². The third-order valence-corrected chi connectivity index (χ3v) is 3.72. The molecule has 0 atom stereocenters. The fourth-order valence-corrected chi connectivity index (χ4v) is 2.45. The van der Waals surface area contributed by atoms with E-state index in [-0.39, 0.29) is 6.10 Å². The summed E-state index contributed by atoms with van der Waals surface area (Å²) in [6.45, 7) is 3.47. The molecule has 1 saturated carbocycles. The van der Waals surface area contributed by atoms with Gasteiger partial charge in [0.15, 0.2) is 0 Å². The predicted molar refractivity (Wildman–Crippen MR) is 69.7 cm³/mol. The van der Waals surface area contributed by atoms with Crippen molar-refractivity contribution in [2.24, 2.45) is 5.92 Å². The van der Waals surface area contributed by atoms with E-state index in [2.05, 4.69) is 9.97 Å². The van der Waals surface area contributed by atoms with Crippen molar-refractivity contribution in [2.45, 2.75) is 38.7 Å². The lowest BCUT2D eigenvalue weighted by Crippen LogP contribution is -2.42. The quantitative estimate of drug-likeness (QED) is 0.828. The highest BCUT2D eigenvalue weighted by Crippen LogP contribution is 2.32. The molecular formula is C14H19N3O2. The van der Waals surface area contributed by atoms with Crippen LogP contribution in [0.15, 0.2) is 12.3 Å². The Balaban J connectivity index is 1.51. The summed E-state index contributed by atoms with van der Waals surface area (Å²) in [6, 6.07) is 1.79. The summed E-state index contributed by atoms with van der Waals surface area (Å²) in [6.07, 6.45) is 5.81. The third-order valence-electron chi connectivity index (χ3n) is 3.72. The number of nitrogens with zero attached hydrogens (tertiary/aromatic N) is 3. The fraction of sp³-hybridized carbons (Fsp3) is 0.643. The van der Waals surface area contributed by atoms with Gasteiger partial charge in [0.1, 0.15) is 11.9 Å². The minimum atomic E-state index is 0.164. The van der Waals surface area contributed by atoms with Crippen LogP contribution in [0.3, 0.4) is 0 Å². The van der Waals surface area contributed by atoms with Gasteiger partial charge in [-0.05, 0) is 19.8 Å². The first-order chi connectivity index (χ1) is 9.22. The molecule has 0 radical (unpaired) electrons. The topological polar surface area (TPSA) is 55.3 Å². The number of hydrogen-bond acceptors (Lipinski definition) is 4. The van der Waals surface area contributed by atoms with Gasteiger partial charge in [-0.15, -0.1) is 0 Å². The molecule has 0 aromatic carbocycles. The van der Waals surface area contributed by atoms with Gasteiger partial charge in [0, 0.05) is 44.1 Å².